The lowest BCUT2D eigenvalue weighted by atomic mass is 9.95. The van der Waals surface area contributed by atoms with Gasteiger partial charge in [-0.05, 0) is 31.8 Å². The Kier molecular flexibility index (Phi) is 2.99. The largest absolute Gasteiger partial charge is 0.391 e. The molecule has 1 fully saturated rings. The second-order valence-electron chi connectivity index (χ2n) is 3.54. The Morgan fingerprint density at radius 3 is 2.58 bits per heavy atom. The van der Waals surface area contributed by atoms with Crippen molar-refractivity contribution in [2.75, 3.05) is 13.1 Å². The van der Waals surface area contributed by atoms with Crippen molar-refractivity contribution in [3.63, 3.8) is 0 Å². The molecule has 1 saturated heterocycles. The Hall–Kier alpha value is -0.250. The summed E-state index contributed by atoms with van der Waals surface area (Å²) in [5.41, 5.74) is 0. The molecule has 0 spiro atoms. The van der Waals surface area contributed by atoms with E-state index in [0.29, 0.717) is 0 Å². The van der Waals surface area contributed by atoms with E-state index < -0.39 is 12.1 Å². The molecule has 1 rings (SSSR count). The monoisotopic (exact) mass is 181 g/mol. The van der Waals surface area contributed by atoms with Gasteiger partial charge in [0.15, 0.2) is 0 Å². The van der Waals surface area contributed by atoms with Crippen molar-refractivity contribution in [3.05, 3.63) is 0 Å². The number of nitrogens with one attached hydrogen (secondary N) is 1. The molecule has 0 radical (unpaired) electrons. The molecule has 1 aliphatic heterocycles. The normalized spacial score (nSPS) is 27.5. The predicted molar refractivity (Wildman–Crippen MR) is 40.8 cm³/mol. The SMILES string of the molecule is CC(CC1CCNC1)C(F)(F)F. The van der Waals surface area contributed by atoms with Crippen LogP contribution in [0.3, 0.4) is 0 Å². The van der Waals surface area contributed by atoms with E-state index in [0.717, 1.165) is 19.5 Å². The standard InChI is InChI=1S/C8H14F3N/c1-6(8(9,10)11)4-7-2-3-12-5-7/h6-7,12H,2-5H2,1H3. The fourth-order valence-corrected chi connectivity index (χ4v) is 1.55. The highest BCUT2D eigenvalue weighted by Crippen LogP contribution is 2.32. The maximum absolute atomic E-state index is 12.1. The van der Waals surface area contributed by atoms with Crippen LogP contribution in [0.5, 0.6) is 0 Å². The fourth-order valence-electron chi connectivity index (χ4n) is 1.55. The molecule has 1 N–H and O–H groups in total. The van der Waals surface area contributed by atoms with Crippen LogP contribution in [0.15, 0.2) is 0 Å². The van der Waals surface area contributed by atoms with E-state index in [4.69, 9.17) is 0 Å². The third-order valence-corrected chi connectivity index (χ3v) is 2.41. The molecule has 1 nitrogen and oxygen atoms in total. The van der Waals surface area contributed by atoms with Crippen LogP contribution in [0.2, 0.25) is 0 Å². The Morgan fingerprint density at radius 2 is 2.17 bits per heavy atom. The van der Waals surface area contributed by atoms with Crippen LogP contribution < -0.4 is 5.32 Å². The summed E-state index contributed by atoms with van der Waals surface area (Å²) in [4.78, 5) is 0. The summed E-state index contributed by atoms with van der Waals surface area (Å²) in [7, 11) is 0. The van der Waals surface area contributed by atoms with Gasteiger partial charge in [0.2, 0.25) is 0 Å². The van der Waals surface area contributed by atoms with Crippen LogP contribution in [0.1, 0.15) is 19.8 Å². The molecule has 0 aliphatic carbocycles. The maximum Gasteiger partial charge on any atom is 0.391 e. The minimum atomic E-state index is -4.01. The lowest BCUT2D eigenvalue weighted by molar-refractivity contribution is -0.173. The quantitative estimate of drug-likeness (QED) is 0.688. The minimum absolute atomic E-state index is 0.224. The van der Waals surface area contributed by atoms with Gasteiger partial charge in [0, 0.05) is 0 Å². The molecule has 0 aromatic rings. The van der Waals surface area contributed by atoms with Crippen LogP contribution in [0.25, 0.3) is 0 Å². The average molecular weight is 181 g/mol. The number of alkyl halides is 3. The third-order valence-electron chi connectivity index (χ3n) is 2.41. The number of hydrogen-bond acceptors (Lipinski definition) is 1. The smallest absolute Gasteiger partial charge is 0.316 e. The Bertz CT molecular complexity index is 138. The van der Waals surface area contributed by atoms with Crippen LogP contribution in [0.4, 0.5) is 13.2 Å². The van der Waals surface area contributed by atoms with Gasteiger partial charge in [0.1, 0.15) is 0 Å². The summed E-state index contributed by atoms with van der Waals surface area (Å²) in [6.45, 7) is 2.88. The molecule has 12 heavy (non-hydrogen) atoms. The predicted octanol–water partition coefficient (Wildman–Crippen LogP) is 2.18. The molecule has 1 heterocycles. The first kappa shape index (κ1) is 9.84. The van der Waals surface area contributed by atoms with Gasteiger partial charge in [-0.25, -0.2) is 0 Å². The molecular weight excluding hydrogens is 167 g/mol. The van der Waals surface area contributed by atoms with E-state index in [2.05, 4.69) is 5.32 Å². The third kappa shape index (κ3) is 2.66. The zero-order valence-corrected chi connectivity index (χ0v) is 7.12. The van der Waals surface area contributed by atoms with E-state index in [-0.39, 0.29) is 12.3 Å². The van der Waals surface area contributed by atoms with Gasteiger partial charge in [-0.2, -0.15) is 13.2 Å². The van der Waals surface area contributed by atoms with Gasteiger partial charge in [-0.1, -0.05) is 6.92 Å². The van der Waals surface area contributed by atoms with Crippen molar-refractivity contribution >= 4 is 0 Å². The molecule has 1 aliphatic rings. The molecule has 2 unspecified atom stereocenters. The highest BCUT2D eigenvalue weighted by molar-refractivity contribution is 4.75. The second-order valence-corrected chi connectivity index (χ2v) is 3.54. The topological polar surface area (TPSA) is 12.0 Å². The van der Waals surface area contributed by atoms with E-state index in [9.17, 15) is 13.2 Å². The Balaban J connectivity index is 2.30. The van der Waals surface area contributed by atoms with E-state index in [1.165, 1.54) is 6.92 Å². The van der Waals surface area contributed by atoms with Gasteiger partial charge in [0.05, 0.1) is 5.92 Å². The first-order chi connectivity index (χ1) is 5.50. The number of hydrogen-bond donors (Lipinski definition) is 1. The highest BCUT2D eigenvalue weighted by atomic mass is 19.4. The van der Waals surface area contributed by atoms with Crippen LogP contribution in [0, 0.1) is 11.8 Å². The second kappa shape index (κ2) is 3.64. The molecule has 0 saturated carbocycles. The molecule has 2 atom stereocenters. The van der Waals surface area contributed by atoms with Gasteiger partial charge in [-0.15, -0.1) is 0 Å². The summed E-state index contributed by atoms with van der Waals surface area (Å²) in [6, 6.07) is 0. The molecule has 0 aromatic carbocycles. The van der Waals surface area contributed by atoms with Crippen molar-refractivity contribution in [2.45, 2.75) is 25.9 Å². The van der Waals surface area contributed by atoms with Crippen molar-refractivity contribution in [3.8, 4) is 0 Å². The Labute approximate surface area is 70.3 Å². The van der Waals surface area contributed by atoms with Gasteiger partial charge < -0.3 is 5.32 Å². The summed E-state index contributed by atoms with van der Waals surface area (Å²) in [5.74, 6) is -0.927. The lowest BCUT2D eigenvalue weighted by Gasteiger charge is -2.18. The average Bonchev–Trinajstić information content (AvgIpc) is 2.37. The molecule has 0 aromatic heterocycles. The van der Waals surface area contributed by atoms with Crippen molar-refractivity contribution in [1.29, 1.82) is 0 Å². The molecule has 4 heteroatoms. The van der Waals surface area contributed by atoms with Crippen molar-refractivity contribution < 1.29 is 13.2 Å². The number of rotatable bonds is 2. The first-order valence-corrected chi connectivity index (χ1v) is 4.27. The lowest BCUT2D eigenvalue weighted by Crippen LogP contribution is -2.23. The summed E-state index contributed by atoms with van der Waals surface area (Å²) < 4.78 is 36.2. The van der Waals surface area contributed by atoms with Crippen LogP contribution in [-0.4, -0.2) is 19.3 Å². The van der Waals surface area contributed by atoms with Crippen LogP contribution >= 0.6 is 0 Å². The molecular formula is C8H14F3N. The summed E-state index contributed by atoms with van der Waals surface area (Å²) >= 11 is 0. The minimum Gasteiger partial charge on any atom is -0.316 e. The summed E-state index contributed by atoms with van der Waals surface area (Å²) in [5, 5.41) is 3.06. The molecule has 0 amide bonds. The zero-order chi connectivity index (χ0) is 9.19. The Morgan fingerprint density at radius 1 is 1.50 bits per heavy atom. The van der Waals surface area contributed by atoms with Gasteiger partial charge in [-0.3, -0.25) is 0 Å². The van der Waals surface area contributed by atoms with Crippen molar-refractivity contribution in [1.82, 2.24) is 5.32 Å². The van der Waals surface area contributed by atoms with Gasteiger partial charge >= 0.3 is 6.18 Å². The van der Waals surface area contributed by atoms with E-state index >= 15 is 0 Å². The first-order valence-electron chi connectivity index (χ1n) is 4.27. The number of halogens is 3. The summed E-state index contributed by atoms with van der Waals surface area (Å²) in [6.07, 6.45) is -2.85. The molecule has 72 valence electrons. The zero-order valence-electron chi connectivity index (χ0n) is 7.12. The maximum atomic E-state index is 12.1. The van der Waals surface area contributed by atoms with Crippen LogP contribution in [-0.2, 0) is 0 Å². The van der Waals surface area contributed by atoms with Crippen molar-refractivity contribution in [2.24, 2.45) is 11.8 Å². The van der Waals surface area contributed by atoms with E-state index in [1.54, 1.807) is 0 Å². The molecule has 0 bridgehead atoms. The van der Waals surface area contributed by atoms with E-state index in [1.807, 2.05) is 0 Å². The van der Waals surface area contributed by atoms with Gasteiger partial charge in [0.25, 0.3) is 0 Å². The highest BCUT2D eigenvalue weighted by Gasteiger charge is 2.37. The fraction of sp³-hybridized carbons (Fsp3) is 1.00.